The van der Waals surface area contributed by atoms with Crippen LogP contribution in [-0.2, 0) is 0 Å². The molecule has 1 unspecified atom stereocenters. The number of carbonyl (C=O) groups is 1. The van der Waals surface area contributed by atoms with Gasteiger partial charge in [0.05, 0.1) is 17.1 Å². The molecule has 1 aliphatic heterocycles. The van der Waals surface area contributed by atoms with E-state index in [1.807, 2.05) is 60.7 Å². The molecule has 0 aliphatic carbocycles. The number of fused-ring (bicyclic) bond motifs is 1. The summed E-state index contributed by atoms with van der Waals surface area (Å²) in [4.78, 5) is 22.7. The molecule has 1 fully saturated rings. The minimum Gasteiger partial charge on any atom is -0.361 e. The van der Waals surface area contributed by atoms with Crippen molar-refractivity contribution in [2.24, 2.45) is 0 Å². The first-order valence-electron chi connectivity index (χ1n) is 9.70. The number of aromatic nitrogens is 2. The quantitative estimate of drug-likeness (QED) is 0.492. The molecule has 4 nitrogen and oxygen atoms in total. The fraction of sp³-hybridized carbons (Fsp3) is 0.167. The van der Waals surface area contributed by atoms with Gasteiger partial charge in [-0.15, -0.1) is 0 Å². The molecule has 0 radical (unpaired) electrons. The summed E-state index contributed by atoms with van der Waals surface area (Å²) in [6, 6.07) is 24.5. The summed E-state index contributed by atoms with van der Waals surface area (Å²) in [7, 11) is 0. The van der Waals surface area contributed by atoms with Crippen LogP contribution in [0.25, 0.3) is 22.2 Å². The molecule has 5 rings (SSSR count). The highest BCUT2D eigenvalue weighted by Crippen LogP contribution is 2.39. The van der Waals surface area contributed by atoms with Gasteiger partial charge in [0, 0.05) is 17.8 Å². The number of aromatic amines is 1. The Morgan fingerprint density at radius 2 is 1.79 bits per heavy atom. The number of H-pyrrole nitrogens is 1. The maximum atomic E-state index is 12.1. The lowest BCUT2D eigenvalue weighted by atomic mass is 9.98. The number of para-hydroxylation sites is 2. The minimum absolute atomic E-state index is 0.150. The van der Waals surface area contributed by atoms with Gasteiger partial charge in [-0.25, -0.2) is 4.98 Å². The van der Waals surface area contributed by atoms with Crippen molar-refractivity contribution >= 4 is 23.0 Å². The van der Waals surface area contributed by atoms with Gasteiger partial charge in [0.2, 0.25) is 0 Å². The van der Waals surface area contributed by atoms with Crippen LogP contribution in [0, 0.1) is 0 Å². The Morgan fingerprint density at radius 3 is 2.61 bits per heavy atom. The molecular formula is C24H21N3O. The summed E-state index contributed by atoms with van der Waals surface area (Å²) in [5.41, 5.74) is 5.81. The Balaban J connectivity index is 1.59. The predicted octanol–water partition coefficient (Wildman–Crippen LogP) is 5.38. The molecule has 0 spiro atoms. The number of hydrogen-bond acceptors (Lipinski definition) is 3. The first-order valence-corrected chi connectivity index (χ1v) is 9.70. The third-order valence-corrected chi connectivity index (χ3v) is 5.57. The second kappa shape index (κ2) is 6.97. The number of carbonyl (C=O) groups excluding carboxylic acids is 1. The molecule has 28 heavy (non-hydrogen) atoms. The molecule has 3 aromatic carbocycles. The third-order valence-electron chi connectivity index (χ3n) is 5.57. The minimum atomic E-state index is 0.150. The highest BCUT2D eigenvalue weighted by Gasteiger charge is 2.30. The van der Waals surface area contributed by atoms with Crippen LogP contribution in [-0.4, -0.2) is 22.8 Å². The Labute approximate surface area is 163 Å². The monoisotopic (exact) mass is 367 g/mol. The van der Waals surface area contributed by atoms with Crippen molar-refractivity contribution in [3.8, 4) is 11.1 Å². The van der Waals surface area contributed by atoms with E-state index in [0.29, 0.717) is 0 Å². The van der Waals surface area contributed by atoms with Crippen molar-refractivity contribution in [1.29, 1.82) is 0 Å². The number of hydrogen-bond donors (Lipinski definition) is 1. The van der Waals surface area contributed by atoms with Gasteiger partial charge in [0.15, 0.2) is 6.29 Å². The van der Waals surface area contributed by atoms with Gasteiger partial charge in [-0.3, -0.25) is 4.79 Å². The van der Waals surface area contributed by atoms with Crippen LogP contribution in [0.2, 0.25) is 0 Å². The fourth-order valence-corrected chi connectivity index (χ4v) is 4.27. The van der Waals surface area contributed by atoms with Crippen molar-refractivity contribution in [3.63, 3.8) is 0 Å². The number of nitrogens with zero attached hydrogens (tertiary/aromatic N) is 2. The normalized spacial score (nSPS) is 16.6. The van der Waals surface area contributed by atoms with E-state index in [9.17, 15) is 4.79 Å². The number of imidazole rings is 1. The molecule has 1 aliphatic rings. The SMILES string of the molecule is O=Cc1c(-c2ccccc2)cccc1N1CCCC1c1nc2ccccc2[nH]1. The third kappa shape index (κ3) is 2.78. The number of aldehydes is 1. The summed E-state index contributed by atoms with van der Waals surface area (Å²) in [5, 5.41) is 0. The number of benzene rings is 3. The van der Waals surface area contributed by atoms with Crippen molar-refractivity contribution in [2.75, 3.05) is 11.4 Å². The van der Waals surface area contributed by atoms with E-state index in [1.165, 1.54) is 0 Å². The molecule has 1 atom stereocenters. The Kier molecular flexibility index (Phi) is 4.17. The van der Waals surface area contributed by atoms with Crippen molar-refractivity contribution in [2.45, 2.75) is 18.9 Å². The van der Waals surface area contributed by atoms with E-state index in [4.69, 9.17) is 4.98 Å². The molecule has 4 heteroatoms. The predicted molar refractivity (Wildman–Crippen MR) is 113 cm³/mol. The van der Waals surface area contributed by atoms with E-state index < -0.39 is 0 Å². The first-order chi connectivity index (χ1) is 13.8. The lowest BCUT2D eigenvalue weighted by Crippen LogP contribution is -2.24. The van der Waals surface area contributed by atoms with Gasteiger partial charge in [0.1, 0.15) is 5.82 Å². The van der Waals surface area contributed by atoms with E-state index >= 15 is 0 Å². The zero-order valence-corrected chi connectivity index (χ0v) is 15.5. The Bertz CT molecular complexity index is 1100. The first kappa shape index (κ1) is 16.8. The van der Waals surface area contributed by atoms with Crippen LogP contribution in [0.3, 0.4) is 0 Å². The van der Waals surface area contributed by atoms with Gasteiger partial charge in [0.25, 0.3) is 0 Å². The molecule has 0 bridgehead atoms. The molecule has 138 valence electrons. The highest BCUT2D eigenvalue weighted by molar-refractivity contribution is 5.95. The van der Waals surface area contributed by atoms with E-state index in [0.717, 1.165) is 64.9 Å². The second-order valence-electron chi connectivity index (χ2n) is 7.21. The topological polar surface area (TPSA) is 49.0 Å². The summed E-state index contributed by atoms with van der Waals surface area (Å²) in [6.45, 7) is 0.917. The molecule has 0 amide bonds. The van der Waals surface area contributed by atoms with E-state index in [-0.39, 0.29) is 6.04 Å². The molecule has 0 saturated carbocycles. The average molecular weight is 367 g/mol. The number of anilines is 1. The summed E-state index contributed by atoms with van der Waals surface area (Å²) in [6.07, 6.45) is 3.09. The Hall–Kier alpha value is -3.40. The molecule has 4 aromatic rings. The summed E-state index contributed by atoms with van der Waals surface area (Å²) < 4.78 is 0. The summed E-state index contributed by atoms with van der Waals surface area (Å²) in [5.74, 6) is 0.973. The maximum Gasteiger partial charge on any atom is 0.152 e. The molecule has 1 aromatic heterocycles. The number of nitrogens with one attached hydrogen (secondary N) is 1. The second-order valence-corrected chi connectivity index (χ2v) is 7.21. The number of rotatable bonds is 4. The largest absolute Gasteiger partial charge is 0.361 e. The zero-order chi connectivity index (χ0) is 18.9. The van der Waals surface area contributed by atoms with Crippen molar-refractivity contribution in [1.82, 2.24) is 9.97 Å². The van der Waals surface area contributed by atoms with Crippen molar-refractivity contribution in [3.05, 3.63) is 84.2 Å². The van der Waals surface area contributed by atoms with Crippen LogP contribution in [0.1, 0.15) is 35.1 Å². The van der Waals surface area contributed by atoms with Gasteiger partial charge in [-0.05, 0) is 42.2 Å². The fourth-order valence-electron chi connectivity index (χ4n) is 4.27. The van der Waals surface area contributed by atoms with Gasteiger partial charge < -0.3 is 9.88 Å². The van der Waals surface area contributed by atoms with Crippen LogP contribution in [0.4, 0.5) is 5.69 Å². The van der Waals surface area contributed by atoms with Crippen LogP contribution in [0.5, 0.6) is 0 Å². The average Bonchev–Trinajstić information content (AvgIpc) is 3.40. The smallest absolute Gasteiger partial charge is 0.152 e. The molecule has 2 heterocycles. The van der Waals surface area contributed by atoms with Gasteiger partial charge in [-0.1, -0.05) is 54.6 Å². The van der Waals surface area contributed by atoms with Crippen molar-refractivity contribution < 1.29 is 4.79 Å². The van der Waals surface area contributed by atoms with Crippen LogP contribution in [0.15, 0.2) is 72.8 Å². The van der Waals surface area contributed by atoms with E-state index in [2.05, 4.69) is 22.0 Å². The molecule has 1 N–H and O–H groups in total. The molecular weight excluding hydrogens is 346 g/mol. The lowest BCUT2D eigenvalue weighted by molar-refractivity contribution is 0.112. The zero-order valence-electron chi connectivity index (χ0n) is 15.5. The Morgan fingerprint density at radius 1 is 0.964 bits per heavy atom. The lowest BCUT2D eigenvalue weighted by Gasteiger charge is -2.27. The maximum absolute atomic E-state index is 12.1. The summed E-state index contributed by atoms with van der Waals surface area (Å²) >= 11 is 0. The highest BCUT2D eigenvalue weighted by atomic mass is 16.1. The van der Waals surface area contributed by atoms with Gasteiger partial charge >= 0.3 is 0 Å². The van der Waals surface area contributed by atoms with Crippen LogP contribution < -0.4 is 4.90 Å². The van der Waals surface area contributed by atoms with Crippen LogP contribution >= 0.6 is 0 Å². The molecule has 1 saturated heterocycles. The standard InChI is InChI=1S/C24H21N3O/c28-16-19-18(17-8-2-1-3-9-17)10-6-13-22(19)27-15-7-14-23(27)24-25-20-11-4-5-12-21(20)26-24/h1-6,8-13,16,23H,7,14-15H2,(H,25,26). The van der Waals surface area contributed by atoms with Gasteiger partial charge in [-0.2, -0.15) is 0 Å². The van der Waals surface area contributed by atoms with E-state index in [1.54, 1.807) is 0 Å².